The lowest BCUT2D eigenvalue weighted by Crippen LogP contribution is -1.70. The van der Waals surface area contributed by atoms with E-state index in [1.54, 1.807) is 0 Å². The van der Waals surface area contributed by atoms with E-state index in [0.717, 1.165) is 0 Å². The summed E-state index contributed by atoms with van der Waals surface area (Å²) in [6.45, 7) is 4.49. The Morgan fingerprint density at radius 3 is 2.75 bits per heavy atom. The van der Waals surface area contributed by atoms with Crippen LogP contribution in [0.25, 0.3) is 0 Å². The fourth-order valence-corrected chi connectivity index (χ4v) is 0.386. The van der Waals surface area contributed by atoms with Crippen LogP contribution in [0, 0.1) is 0 Å². The summed E-state index contributed by atoms with van der Waals surface area (Å²) in [6, 6.07) is 0. The fourth-order valence-electron chi connectivity index (χ4n) is 0.250. The van der Waals surface area contributed by atoms with Crippen molar-refractivity contribution in [1.29, 1.82) is 0 Å². The molecule has 0 bridgehead atoms. The molecule has 0 rings (SSSR count). The highest BCUT2D eigenvalue weighted by atomic mass is 32.1. The highest BCUT2D eigenvalue weighted by Gasteiger charge is 1.72. The maximum Gasteiger partial charge on any atom is 0.199 e. The third-order valence-corrected chi connectivity index (χ3v) is 0.881. The van der Waals surface area contributed by atoms with Gasteiger partial charge in [0.1, 0.15) is 0 Å². The van der Waals surface area contributed by atoms with Gasteiger partial charge in [0.05, 0.1) is 6.54 Å². The Bertz CT molecular complexity index is 131. The van der Waals surface area contributed by atoms with Gasteiger partial charge in [-0.25, -0.2) is 0 Å². The molecule has 0 spiro atoms. The third kappa shape index (κ3) is 5.56. The molecule has 0 aliphatic heterocycles. The summed E-state index contributed by atoms with van der Waals surface area (Å²) in [5.41, 5.74) is 1.20. The van der Waals surface area contributed by atoms with Crippen molar-refractivity contribution in [2.75, 3.05) is 6.54 Å². The second-order valence-corrected chi connectivity index (χ2v) is 2.07. The number of nitrogens with zero attached hydrogens (tertiary/aromatic N) is 1. The van der Waals surface area contributed by atoms with Crippen LogP contribution in [0.3, 0.4) is 0 Å². The van der Waals surface area contributed by atoms with E-state index in [-0.39, 0.29) is 11.5 Å². The van der Waals surface area contributed by atoms with Crippen molar-refractivity contribution < 1.29 is 4.21 Å². The van der Waals surface area contributed by atoms with Crippen LogP contribution in [0.2, 0.25) is 0 Å². The quantitative estimate of drug-likeness (QED) is 0.520. The predicted molar refractivity (Wildman–Crippen MR) is 34.9 cm³/mol. The molecule has 0 amide bonds. The molecular formula is C5H9NOS. The Hall–Kier alpha value is -0.440. The first-order valence-corrected chi connectivity index (χ1v) is 3.06. The summed E-state index contributed by atoms with van der Waals surface area (Å²) in [4.78, 5) is 0. The van der Waals surface area contributed by atoms with Crippen molar-refractivity contribution in [2.45, 2.75) is 13.8 Å². The van der Waals surface area contributed by atoms with Gasteiger partial charge in [-0.3, -0.25) is 0 Å². The largest absolute Gasteiger partial charge is 0.199 e. The molecule has 0 saturated heterocycles. The molecule has 46 valence electrons. The van der Waals surface area contributed by atoms with Crippen molar-refractivity contribution in [3.05, 3.63) is 11.6 Å². The van der Waals surface area contributed by atoms with Crippen molar-refractivity contribution in [1.82, 2.24) is 0 Å². The number of hydrogen-bond acceptors (Lipinski definition) is 2. The number of rotatable bonds is 2. The van der Waals surface area contributed by atoms with Crippen LogP contribution in [0.1, 0.15) is 13.8 Å². The van der Waals surface area contributed by atoms with E-state index in [9.17, 15) is 4.21 Å². The first-order valence-electron chi connectivity index (χ1n) is 2.36. The summed E-state index contributed by atoms with van der Waals surface area (Å²) in [6.07, 6.45) is 1.91. The summed E-state index contributed by atoms with van der Waals surface area (Å²) in [5, 5.41) is 0. The van der Waals surface area contributed by atoms with Gasteiger partial charge in [-0.15, -0.1) is 0 Å². The molecule has 0 N–H and O–H groups in total. The average Bonchev–Trinajstić information content (AvgIpc) is 1.66. The second kappa shape index (κ2) is 4.71. The van der Waals surface area contributed by atoms with Gasteiger partial charge in [-0.05, 0) is 13.8 Å². The van der Waals surface area contributed by atoms with Crippen molar-refractivity contribution in [2.24, 2.45) is 4.36 Å². The zero-order chi connectivity index (χ0) is 6.41. The summed E-state index contributed by atoms with van der Waals surface area (Å²) < 4.78 is 13.1. The van der Waals surface area contributed by atoms with E-state index in [1.807, 2.05) is 19.9 Å². The Kier molecular flexibility index (Phi) is 4.45. The van der Waals surface area contributed by atoms with Crippen LogP contribution >= 0.6 is 0 Å². The molecule has 0 atom stereocenters. The third-order valence-electron chi connectivity index (χ3n) is 0.627. The topological polar surface area (TPSA) is 29.4 Å². The van der Waals surface area contributed by atoms with Gasteiger partial charge >= 0.3 is 0 Å². The molecule has 3 heteroatoms. The highest BCUT2D eigenvalue weighted by Crippen LogP contribution is 1.86. The fraction of sp³-hybridized carbons (Fsp3) is 0.600. The van der Waals surface area contributed by atoms with Gasteiger partial charge in [-0.1, -0.05) is 11.6 Å². The van der Waals surface area contributed by atoms with Crippen LogP contribution in [0.4, 0.5) is 0 Å². The van der Waals surface area contributed by atoms with Gasteiger partial charge in [0.15, 0.2) is 11.5 Å². The normalized spacial score (nSPS) is 7.75. The molecule has 0 aliphatic carbocycles. The van der Waals surface area contributed by atoms with Gasteiger partial charge < -0.3 is 0 Å². The van der Waals surface area contributed by atoms with E-state index in [1.165, 1.54) is 5.57 Å². The maximum absolute atomic E-state index is 9.63. The molecule has 0 aromatic heterocycles. The minimum absolute atomic E-state index is 0.274. The maximum atomic E-state index is 9.63. The van der Waals surface area contributed by atoms with Crippen LogP contribution in [0.5, 0.6) is 0 Å². The second-order valence-electron chi connectivity index (χ2n) is 1.67. The van der Waals surface area contributed by atoms with E-state index in [4.69, 9.17) is 0 Å². The minimum Gasteiger partial charge on any atom is -0.191 e. The Labute approximate surface area is 52.9 Å². The van der Waals surface area contributed by atoms with E-state index in [0.29, 0.717) is 6.54 Å². The molecular weight excluding hydrogens is 122 g/mol. The first kappa shape index (κ1) is 7.56. The lowest BCUT2D eigenvalue weighted by molar-refractivity contribution is 0.697. The van der Waals surface area contributed by atoms with Crippen molar-refractivity contribution >= 4 is 11.5 Å². The Balaban J connectivity index is 3.44. The van der Waals surface area contributed by atoms with Crippen molar-refractivity contribution in [3.8, 4) is 0 Å². The van der Waals surface area contributed by atoms with Gasteiger partial charge in [0.2, 0.25) is 0 Å². The summed E-state index contributed by atoms with van der Waals surface area (Å²) in [7, 11) is 0. The molecule has 0 aliphatic rings. The summed E-state index contributed by atoms with van der Waals surface area (Å²) in [5.74, 6) is 0. The molecule has 0 saturated carbocycles. The van der Waals surface area contributed by atoms with Crippen LogP contribution in [-0.4, -0.2) is 10.8 Å². The Morgan fingerprint density at radius 1 is 1.75 bits per heavy atom. The van der Waals surface area contributed by atoms with Gasteiger partial charge in [-0.2, -0.15) is 8.57 Å². The van der Waals surface area contributed by atoms with Crippen LogP contribution in [-0.2, 0) is 11.5 Å². The molecule has 0 heterocycles. The van der Waals surface area contributed by atoms with E-state index >= 15 is 0 Å². The highest BCUT2D eigenvalue weighted by molar-refractivity contribution is 7.54. The average molecular weight is 131 g/mol. The van der Waals surface area contributed by atoms with Gasteiger partial charge in [0.25, 0.3) is 0 Å². The molecule has 0 unspecified atom stereocenters. The lowest BCUT2D eigenvalue weighted by Gasteiger charge is -1.80. The molecule has 2 nitrogen and oxygen atoms in total. The zero-order valence-corrected chi connectivity index (χ0v) is 5.86. The standard InChI is InChI=1S/C5H9NOS/c1-5(2)3-4-6-8-7/h3H,4H2,1-2H3. The number of allylic oxidation sites excluding steroid dienone is 1. The van der Waals surface area contributed by atoms with E-state index in [2.05, 4.69) is 4.36 Å². The number of hydrogen-bond donors (Lipinski definition) is 0. The van der Waals surface area contributed by atoms with Crippen molar-refractivity contribution in [3.63, 3.8) is 0 Å². The predicted octanol–water partition coefficient (Wildman–Crippen LogP) is 1.35. The minimum atomic E-state index is 0.274. The molecule has 0 aromatic carbocycles. The molecule has 0 fully saturated rings. The monoisotopic (exact) mass is 131 g/mol. The molecule has 8 heavy (non-hydrogen) atoms. The first-order chi connectivity index (χ1) is 3.77. The van der Waals surface area contributed by atoms with Gasteiger partial charge in [0, 0.05) is 0 Å². The van der Waals surface area contributed by atoms with Crippen LogP contribution < -0.4 is 0 Å². The summed E-state index contributed by atoms with van der Waals surface area (Å²) >= 11 is 0.274. The SMILES string of the molecule is CC(C)=CCN=S=O. The molecule has 0 aromatic rings. The zero-order valence-electron chi connectivity index (χ0n) is 5.05. The van der Waals surface area contributed by atoms with E-state index < -0.39 is 0 Å². The molecule has 0 radical (unpaired) electrons. The Morgan fingerprint density at radius 2 is 2.38 bits per heavy atom. The lowest BCUT2D eigenvalue weighted by atomic mass is 10.3. The smallest absolute Gasteiger partial charge is 0.191 e. The van der Waals surface area contributed by atoms with Crippen LogP contribution in [0.15, 0.2) is 16.0 Å².